The van der Waals surface area contributed by atoms with E-state index in [4.69, 9.17) is 10.8 Å². The number of carboxylic acids is 1. The molecule has 0 radical (unpaired) electrons. The number of hydrogen-bond donors (Lipinski definition) is 3. The van der Waals surface area contributed by atoms with E-state index >= 15 is 0 Å². The van der Waals surface area contributed by atoms with Crippen molar-refractivity contribution in [2.45, 2.75) is 90.1 Å². The molecule has 0 fully saturated rings. The third-order valence-electron chi connectivity index (χ3n) is 4.34. The van der Waals surface area contributed by atoms with Crippen LogP contribution in [-0.2, 0) is 4.79 Å². The second-order valence-corrected chi connectivity index (χ2v) is 6.94. The van der Waals surface area contributed by atoms with E-state index < -0.39 is 17.6 Å². The maximum Gasteiger partial charge on any atom is 0.314 e. The minimum atomic E-state index is -0.764. The highest BCUT2D eigenvalue weighted by molar-refractivity contribution is 5.71. The van der Waals surface area contributed by atoms with Gasteiger partial charge in [-0.3, -0.25) is 4.79 Å². The van der Waals surface area contributed by atoms with Crippen molar-refractivity contribution in [3.8, 4) is 0 Å². The molecule has 0 aromatic heterocycles. The van der Waals surface area contributed by atoms with Crippen LogP contribution in [0.5, 0.6) is 0 Å². The van der Waals surface area contributed by atoms with Crippen molar-refractivity contribution in [2.24, 2.45) is 5.73 Å². The highest BCUT2D eigenvalue weighted by atomic mass is 16.4. The van der Waals surface area contributed by atoms with Crippen LogP contribution in [0.1, 0.15) is 84.5 Å². The van der Waals surface area contributed by atoms with Crippen molar-refractivity contribution in [2.75, 3.05) is 13.1 Å². The summed E-state index contributed by atoms with van der Waals surface area (Å²) < 4.78 is 0. The Labute approximate surface area is 146 Å². The van der Waals surface area contributed by atoms with Crippen LogP contribution in [0, 0.1) is 0 Å². The minimum Gasteiger partial charge on any atom is -0.481 e. The summed E-state index contributed by atoms with van der Waals surface area (Å²) in [5, 5.41) is 18.9. The number of unbranched alkanes of at least 4 members (excludes halogenated alkanes) is 5. The Kier molecular flexibility index (Phi) is 12.3. The lowest BCUT2D eigenvalue weighted by atomic mass is 9.93. The molecule has 0 aliphatic rings. The number of aliphatic hydroxyl groups is 1. The molecule has 4 N–H and O–H groups in total. The van der Waals surface area contributed by atoms with Crippen molar-refractivity contribution >= 4 is 12.0 Å². The normalized spacial score (nSPS) is 13.5. The van der Waals surface area contributed by atoms with Gasteiger partial charge in [0, 0.05) is 19.5 Å². The Balaban J connectivity index is 3.91. The van der Waals surface area contributed by atoms with Gasteiger partial charge in [-0.15, -0.1) is 0 Å². The second-order valence-electron chi connectivity index (χ2n) is 6.94. The third-order valence-corrected chi connectivity index (χ3v) is 4.34. The molecule has 142 valence electrons. The van der Waals surface area contributed by atoms with Crippen LogP contribution in [0.15, 0.2) is 0 Å². The molecule has 0 rings (SSSR count). The zero-order valence-corrected chi connectivity index (χ0v) is 15.4. The number of amides is 2. The van der Waals surface area contributed by atoms with Crippen molar-refractivity contribution in [1.29, 1.82) is 0 Å². The van der Waals surface area contributed by atoms with Crippen LogP contribution in [0.25, 0.3) is 0 Å². The lowest BCUT2D eigenvalue weighted by molar-refractivity contribution is -0.137. The summed E-state index contributed by atoms with van der Waals surface area (Å²) in [7, 11) is 0. The smallest absolute Gasteiger partial charge is 0.314 e. The van der Waals surface area contributed by atoms with Crippen molar-refractivity contribution < 1.29 is 19.8 Å². The second kappa shape index (κ2) is 13.0. The van der Waals surface area contributed by atoms with Crippen LogP contribution in [-0.4, -0.2) is 45.8 Å². The SMILES string of the molecule is CCCCC[C@](C)(O)CCCN(CCCCCCC(=O)O)C(N)=O. The standard InChI is InChI=1S/C18H36N2O4/c1-3-4-8-12-18(2,24)13-10-15-20(17(19)23)14-9-6-5-7-11-16(21)22/h24H,3-15H2,1-2H3,(H2,19,23)(H,21,22)/t18-/m0/s1. The maximum atomic E-state index is 11.5. The Hall–Kier alpha value is -1.30. The first-order valence-electron chi connectivity index (χ1n) is 9.27. The van der Waals surface area contributed by atoms with E-state index in [0.29, 0.717) is 25.9 Å². The van der Waals surface area contributed by atoms with Gasteiger partial charge in [-0.05, 0) is 39.0 Å². The van der Waals surface area contributed by atoms with Crippen LogP contribution in [0.3, 0.4) is 0 Å². The number of nitrogens with two attached hydrogens (primary N) is 1. The predicted octanol–water partition coefficient (Wildman–Crippen LogP) is 3.51. The van der Waals surface area contributed by atoms with Crippen LogP contribution in [0.2, 0.25) is 0 Å². The largest absolute Gasteiger partial charge is 0.481 e. The molecule has 0 aliphatic heterocycles. The molecule has 0 bridgehead atoms. The van der Waals surface area contributed by atoms with E-state index in [0.717, 1.165) is 51.4 Å². The number of rotatable bonds is 15. The van der Waals surface area contributed by atoms with Gasteiger partial charge in [0.15, 0.2) is 0 Å². The predicted molar refractivity (Wildman–Crippen MR) is 95.9 cm³/mol. The first-order chi connectivity index (χ1) is 11.3. The number of carbonyl (C=O) groups excluding carboxylic acids is 1. The fourth-order valence-electron chi connectivity index (χ4n) is 2.80. The van der Waals surface area contributed by atoms with Gasteiger partial charge in [0.1, 0.15) is 0 Å². The fraction of sp³-hybridized carbons (Fsp3) is 0.889. The quantitative estimate of drug-likeness (QED) is 0.395. The van der Waals surface area contributed by atoms with Crippen molar-refractivity contribution in [3.63, 3.8) is 0 Å². The van der Waals surface area contributed by atoms with Crippen LogP contribution in [0.4, 0.5) is 4.79 Å². The third kappa shape index (κ3) is 13.2. The Morgan fingerprint density at radius 2 is 1.54 bits per heavy atom. The first kappa shape index (κ1) is 22.7. The highest BCUT2D eigenvalue weighted by Crippen LogP contribution is 2.20. The average molecular weight is 344 g/mol. The molecule has 6 heteroatoms. The van der Waals surface area contributed by atoms with Gasteiger partial charge in [-0.2, -0.15) is 0 Å². The van der Waals surface area contributed by atoms with E-state index in [1.807, 2.05) is 6.92 Å². The topological polar surface area (TPSA) is 104 Å². The molecule has 0 aliphatic carbocycles. The molecule has 2 amide bonds. The summed E-state index contributed by atoms with van der Waals surface area (Å²) in [6.45, 7) is 5.16. The van der Waals surface area contributed by atoms with Gasteiger partial charge in [-0.25, -0.2) is 4.79 Å². The lowest BCUT2D eigenvalue weighted by Crippen LogP contribution is -2.38. The summed E-state index contributed by atoms with van der Waals surface area (Å²) >= 11 is 0. The Morgan fingerprint density at radius 1 is 0.958 bits per heavy atom. The Morgan fingerprint density at radius 3 is 2.12 bits per heavy atom. The zero-order chi connectivity index (χ0) is 18.4. The van der Waals surface area contributed by atoms with Gasteiger partial charge in [0.2, 0.25) is 0 Å². The molecule has 0 saturated heterocycles. The molecule has 1 atom stereocenters. The molecular weight excluding hydrogens is 308 g/mol. The average Bonchev–Trinajstić information content (AvgIpc) is 2.48. The zero-order valence-electron chi connectivity index (χ0n) is 15.4. The molecular formula is C18H36N2O4. The molecule has 0 aromatic rings. The van der Waals surface area contributed by atoms with Crippen molar-refractivity contribution in [3.05, 3.63) is 0 Å². The molecule has 6 nitrogen and oxygen atoms in total. The van der Waals surface area contributed by atoms with E-state index in [1.54, 1.807) is 4.90 Å². The number of primary amides is 1. The van der Waals surface area contributed by atoms with E-state index in [-0.39, 0.29) is 6.42 Å². The molecule has 0 saturated carbocycles. The lowest BCUT2D eigenvalue weighted by Gasteiger charge is -2.26. The number of aliphatic carboxylic acids is 1. The molecule has 24 heavy (non-hydrogen) atoms. The highest BCUT2D eigenvalue weighted by Gasteiger charge is 2.20. The van der Waals surface area contributed by atoms with Crippen LogP contribution >= 0.6 is 0 Å². The summed E-state index contributed by atoms with van der Waals surface area (Å²) in [5.41, 5.74) is 4.74. The van der Waals surface area contributed by atoms with E-state index in [1.165, 1.54) is 0 Å². The number of carbonyl (C=O) groups is 2. The minimum absolute atomic E-state index is 0.201. The van der Waals surface area contributed by atoms with Gasteiger partial charge < -0.3 is 20.8 Å². The fourth-order valence-corrected chi connectivity index (χ4v) is 2.80. The molecule has 0 heterocycles. The number of carboxylic acid groups (broad SMARTS) is 1. The first-order valence-corrected chi connectivity index (χ1v) is 9.27. The summed E-state index contributed by atoms with van der Waals surface area (Å²) in [6.07, 6.45) is 8.94. The number of urea groups is 1. The van der Waals surface area contributed by atoms with E-state index in [2.05, 4.69) is 6.92 Å². The number of nitrogens with zero attached hydrogens (tertiary/aromatic N) is 1. The van der Waals surface area contributed by atoms with Gasteiger partial charge in [0.25, 0.3) is 0 Å². The monoisotopic (exact) mass is 344 g/mol. The summed E-state index contributed by atoms with van der Waals surface area (Å²) in [5.74, 6) is -0.764. The number of hydrogen-bond acceptors (Lipinski definition) is 3. The van der Waals surface area contributed by atoms with Gasteiger partial charge in [-0.1, -0.05) is 39.0 Å². The maximum absolute atomic E-state index is 11.5. The molecule has 0 aromatic carbocycles. The van der Waals surface area contributed by atoms with Gasteiger partial charge >= 0.3 is 12.0 Å². The van der Waals surface area contributed by atoms with Gasteiger partial charge in [0.05, 0.1) is 5.60 Å². The molecule has 0 unspecified atom stereocenters. The van der Waals surface area contributed by atoms with Crippen molar-refractivity contribution in [1.82, 2.24) is 4.90 Å². The van der Waals surface area contributed by atoms with Crippen LogP contribution < -0.4 is 5.73 Å². The summed E-state index contributed by atoms with van der Waals surface area (Å²) in [4.78, 5) is 23.5. The van der Waals surface area contributed by atoms with E-state index in [9.17, 15) is 14.7 Å². The summed E-state index contributed by atoms with van der Waals surface area (Å²) in [6, 6.07) is -0.425. The Bertz CT molecular complexity index is 359. The molecule has 0 spiro atoms.